The molecular weight excluding hydrogens is 291 g/mol. The zero-order chi connectivity index (χ0) is 15.2. The molecular formula is C13H18F3NO2S. The molecule has 0 heterocycles. The van der Waals surface area contributed by atoms with Crippen LogP contribution in [-0.4, -0.2) is 35.2 Å². The molecule has 1 aromatic carbocycles. The van der Waals surface area contributed by atoms with Gasteiger partial charge in [-0.25, -0.2) is 0 Å². The molecule has 0 aliphatic carbocycles. The van der Waals surface area contributed by atoms with Gasteiger partial charge in [-0.1, -0.05) is 13.0 Å². The van der Waals surface area contributed by atoms with Crippen LogP contribution in [0.1, 0.15) is 18.1 Å². The third-order valence-electron chi connectivity index (χ3n) is 2.61. The third-order valence-corrected chi connectivity index (χ3v) is 3.74. The summed E-state index contributed by atoms with van der Waals surface area (Å²) in [6.45, 7) is 2.18. The van der Waals surface area contributed by atoms with Crippen LogP contribution < -0.4 is 5.32 Å². The molecule has 0 aliphatic rings. The Labute approximate surface area is 120 Å². The van der Waals surface area contributed by atoms with Gasteiger partial charge < -0.3 is 15.5 Å². The molecule has 3 nitrogen and oxygen atoms in total. The van der Waals surface area contributed by atoms with E-state index < -0.39 is 24.5 Å². The first-order valence-electron chi connectivity index (χ1n) is 6.21. The Kier molecular flexibility index (Phi) is 6.81. The lowest BCUT2D eigenvalue weighted by molar-refractivity contribution is -0.138. The molecule has 0 aromatic heterocycles. The van der Waals surface area contributed by atoms with Crippen molar-refractivity contribution in [2.45, 2.75) is 30.6 Å². The predicted molar refractivity (Wildman–Crippen MR) is 72.6 cm³/mol. The predicted octanol–water partition coefficient (Wildman–Crippen LogP) is 2.26. The summed E-state index contributed by atoms with van der Waals surface area (Å²) < 4.78 is 39.0. The molecule has 20 heavy (non-hydrogen) atoms. The van der Waals surface area contributed by atoms with Gasteiger partial charge in [-0.2, -0.15) is 13.2 Å². The van der Waals surface area contributed by atoms with Crippen LogP contribution in [-0.2, 0) is 12.7 Å². The van der Waals surface area contributed by atoms with Crippen molar-refractivity contribution in [2.24, 2.45) is 0 Å². The first kappa shape index (κ1) is 17.3. The molecule has 1 aromatic rings. The van der Waals surface area contributed by atoms with E-state index in [1.807, 2.05) is 6.92 Å². The third kappa shape index (κ3) is 5.32. The highest BCUT2D eigenvalue weighted by atomic mass is 32.2. The van der Waals surface area contributed by atoms with Crippen LogP contribution in [0.25, 0.3) is 0 Å². The van der Waals surface area contributed by atoms with Gasteiger partial charge in [0.05, 0.1) is 18.3 Å². The minimum atomic E-state index is -4.41. The lowest BCUT2D eigenvalue weighted by Gasteiger charge is -2.15. The Morgan fingerprint density at radius 2 is 2.05 bits per heavy atom. The fraction of sp³-hybridized carbons (Fsp3) is 0.538. The quantitative estimate of drug-likeness (QED) is 0.676. The molecule has 0 aliphatic heterocycles. The molecule has 0 saturated carbocycles. The normalized spacial score (nSPS) is 13.5. The number of alkyl halides is 3. The van der Waals surface area contributed by atoms with Crippen LogP contribution in [0, 0.1) is 0 Å². The molecule has 0 amide bonds. The van der Waals surface area contributed by atoms with Gasteiger partial charge in [0.1, 0.15) is 0 Å². The number of benzene rings is 1. The summed E-state index contributed by atoms with van der Waals surface area (Å²) in [5.41, 5.74) is -0.464. The maximum absolute atomic E-state index is 13.0. The average molecular weight is 309 g/mol. The Hall–Kier alpha value is -0.760. The first-order valence-corrected chi connectivity index (χ1v) is 7.19. The molecule has 7 heteroatoms. The van der Waals surface area contributed by atoms with Crippen molar-refractivity contribution in [1.29, 1.82) is 0 Å². The molecule has 0 bridgehead atoms. The van der Waals surface area contributed by atoms with Crippen molar-refractivity contribution in [1.82, 2.24) is 5.32 Å². The second-order valence-corrected chi connectivity index (χ2v) is 5.34. The Balaban J connectivity index is 2.90. The number of hydrogen-bond donors (Lipinski definition) is 3. The minimum absolute atomic E-state index is 0.153. The van der Waals surface area contributed by atoms with E-state index in [4.69, 9.17) is 5.11 Å². The van der Waals surface area contributed by atoms with Crippen LogP contribution in [0.4, 0.5) is 13.2 Å². The van der Waals surface area contributed by atoms with E-state index >= 15 is 0 Å². The zero-order valence-electron chi connectivity index (χ0n) is 11.1. The van der Waals surface area contributed by atoms with E-state index in [0.29, 0.717) is 11.4 Å². The van der Waals surface area contributed by atoms with E-state index in [1.165, 1.54) is 6.07 Å². The lowest BCUT2D eigenvalue weighted by atomic mass is 10.1. The maximum atomic E-state index is 13.0. The number of thioether (sulfide) groups is 1. The SMILES string of the molecule is CCNCc1ccc(SCC(O)CO)cc1C(F)(F)F. The molecule has 3 N–H and O–H groups in total. The standard InChI is InChI=1S/C13H18F3NO2S/c1-2-17-6-9-3-4-11(20-8-10(19)7-18)5-12(9)13(14,15)16/h3-5,10,17-19H,2,6-8H2,1H3. The Morgan fingerprint density at radius 3 is 2.60 bits per heavy atom. The van der Waals surface area contributed by atoms with Crippen molar-refractivity contribution in [3.63, 3.8) is 0 Å². The van der Waals surface area contributed by atoms with Crippen LogP contribution in [0.2, 0.25) is 0 Å². The van der Waals surface area contributed by atoms with Gasteiger partial charge in [-0.05, 0) is 24.2 Å². The van der Waals surface area contributed by atoms with Crippen molar-refractivity contribution in [2.75, 3.05) is 18.9 Å². The van der Waals surface area contributed by atoms with Crippen LogP contribution in [0.15, 0.2) is 23.1 Å². The summed E-state index contributed by atoms with van der Waals surface area (Å²) in [5, 5.41) is 20.8. The van der Waals surface area contributed by atoms with E-state index in [0.717, 1.165) is 17.8 Å². The van der Waals surface area contributed by atoms with Gasteiger partial charge in [0.25, 0.3) is 0 Å². The average Bonchev–Trinajstić information content (AvgIpc) is 2.41. The summed E-state index contributed by atoms with van der Waals surface area (Å²) >= 11 is 1.09. The minimum Gasteiger partial charge on any atom is -0.394 e. The largest absolute Gasteiger partial charge is 0.416 e. The summed E-state index contributed by atoms with van der Waals surface area (Å²) in [6.07, 6.45) is -5.34. The van der Waals surface area contributed by atoms with E-state index in [-0.39, 0.29) is 17.9 Å². The summed E-state index contributed by atoms with van der Waals surface area (Å²) in [4.78, 5) is 0.421. The van der Waals surface area contributed by atoms with Crippen molar-refractivity contribution >= 4 is 11.8 Å². The molecule has 0 spiro atoms. The highest BCUT2D eigenvalue weighted by Gasteiger charge is 2.33. The molecule has 0 radical (unpaired) electrons. The molecule has 1 atom stereocenters. The second-order valence-electron chi connectivity index (χ2n) is 4.24. The molecule has 1 unspecified atom stereocenters. The van der Waals surface area contributed by atoms with Crippen molar-refractivity contribution in [3.05, 3.63) is 29.3 Å². The van der Waals surface area contributed by atoms with E-state index in [2.05, 4.69) is 5.32 Å². The fourth-order valence-corrected chi connectivity index (χ4v) is 2.42. The fourth-order valence-electron chi connectivity index (χ4n) is 1.57. The van der Waals surface area contributed by atoms with Gasteiger partial charge in [0.2, 0.25) is 0 Å². The first-order chi connectivity index (χ1) is 9.38. The number of rotatable bonds is 7. The lowest BCUT2D eigenvalue weighted by Crippen LogP contribution is -2.17. The van der Waals surface area contributed by atoms with E-state index in [9.17, 15) is 18.3 Å². The number of halogens is 3. The molecule has 0 saturated heterocycles. The Morgan fingerprint density at radius 1 is 1.35 bits per heavy atom. The monoisotopic (exact) mass is 309 g/mol. The van der Waals surface area contributed by atoms with Crippen LogP contribution in [0.3, 0.4) is 0 Å². The molecule has 114 valence electrons. The summed E-state index contributed by atoms with van der Waals surface area (Å²) in [7, 11) is 0. The Bertz CT molecular complexity index is 427. The van der Waals surface area contributed by atoms with Gasteiger partial charge in [-0.15, -0.1) is 11.8 Å². The smallest absolute Gasteiger partial charge is 0.394 e. The van der Waals surface area contributed by atoms with E-state index in [1.54, 1.807) is 6.07 Å². The molecule has 0 fully saturated rings. The number of hydrogen-bond acceptors (Lipinski definition) is 4. The molecule has 1 rings (SSSR count). The maximum Gasteiger partial charge on any atom is 0.416 e. The summed E-state index contributed by atoms with van der Waals surface area (Å²) in [5.74, 6) is 0.153. The highest BCUT2D eigenvalue weighted by Crippen LogP contribution is 2.35. The van der Waals surface area contributed by atoms with Crippen LogP contribution in [0.5, 0.6) is 0 Å². The van der Waals surface area contributed by atoms with Gasteiger partial charge in [0, 0.05) is 17.2 Å². The van der Waals surface area contributed by atoms with Crippen molar-refractivity contribution < 1.29 is 23.4 Å². The van der Waals surface area contributed by atoms with Crippen molar-refractivity contribution in [3.8, 4) is 0 Å². The van der Waals surface area contributed by atoms with Gasteiger partial charge >= 0.3 is 6.18 Å². The van der Waals surface area contributed by atoms with Gasteiger partial charge in [0.15, 0.2) is 0 Å². The summed E-state index contributed by atoms with van der Waals surface area (Å²) in [6, 6.07) is 4.12. The van der Waals surface area contributed by atoms with Crippen LogP contribution >= 0.6 is 11.8 Å². The topological polar surface area (TPSA) is 52.5 Å². The zero-order valence-corrected chi connectivity index (χ0v) is 11.9. The number of nitrogens with one attached hydrogen (secondary N) is 1. The number of aliphatic hydroxyl groups excluding tert-OH is 2. The second kappa shape index (κ2) is 7.87. The van der Waals surface area contributed by atoms with Gasteiger partial charge in [-0.3, -0.25) is 0 Å². The number of aliphatic hydroxyl groups is 2. The highest BCUT2D eigenvalue weighted by molar-refractivity contribution is 7.99.